The zero-order chi connectivity index (χ0) is 34.9. The van der Waals surface area contributed by atoms with E-state index in [2.05, 4.69) is 62.5 Å². The Balaban J connectivity index is 2.27. The van der Waals surface area contributed by atoms with Crippen LogP contribution in [-0.2, 0) is 19.3 Å². The van der Waals surface area contributed by atoms with Gasteiger partial charge in [0, 0.05) is 19.1 Å². The van der Waals surface area contributed by atoms with Crippen LogP contribution in [0.2, 0.25) is 0 Å². The number of hydrogen-bond acceptors (Lipinski definition) is 4. The van der Waals surface area contributed by atoms with Crippen molar-refractivity contribution < 1.29 is 17.9 Å². The van der Waals surface area contributed by atoms with Crippen LogP contribution in [0.3, 0.4) is 0 Å². The van der Waals surface area contributed by atoms with Crippen LogP contribution < -0.4 is 0 Å². The lowest BCUT2D eigenvalue weighted by Gasteiger charge is -2.41. The Hall–Kier alpha value is -1.17. The van der Waals surface area contributed by atoms with Gasteiger partial charge in [0.15, 0.2) is 5.79 Å². The SMILES string of the molecule is CCCCC/C=C\C/C=C\CCCCCCCCC1(CCCCCCCC/C=C\C/C=C\CCCCC)OCCC(CCS(C)(=O)=O)O1. The van der Waals surface area contributed by atoms with E-state index >= 15 is 0 Å². The molecular weight excluding hydrogens is 613 g/mol. The Bertz CT molecular complexity index is 884. The molecule has 1 fully saturated rings. The molecule has 280 valence electrons. The number of allylic oxidation sites excluding steroid dienone is 8. The molecular formula is C43H78O4S. The molecule has 0 aliphatic carbocycles. The van der Waals surface area contributed by atoms with Crippen LogP contribution in [0, 0.1) is 0 Å². The summed E-state index contributed by atoms with van der Waals surface area (Å²) in [5.74, 6) is -0.325. The summed E-state index contributed by atoms with van der Waals surface area (Å²) in [5.41, 5.74) is 0. The summed E-state index contributed by atoms with van der Waals surface area (Å²) in [6.07, 6.45) is 53.0. The fraction of sp³-hybridized carbons (Fsp3) is 0.814. The van der Waals surface area contributed by atoms with Crippen LogP contribution in [0.5, 0.6) is 0 Å². The monoisotopic (exact) mass is 691 g/mol. The fourth-order valence-electron chi connectivity index (χ4n) is 6.47. The maximum atomic E-state index is 11.8. The molecule has 1 atom stereocenters. The van der Waals surface area contributed by atoms with Gasteiger partial charge in [0.1, 0.15) is 9.84 Å². The Labute approximate surface area is 299 Å². The van der Waals surface area contributed by atoms with Gasteiger partial charge in [-0.2, -0.15) is 0 Å². The van der Waals surface area contributed by atoms with Gasteiger partial charge in [-0.25, -0.2) is 8.42 Å². The van der Waals surface area contributed by atoms with E-state index in [4.69, 9.17) is 9.47 Å². The zero-order valence-electron chi connectivity index (χ0n) is 32.0. The van der Waals surface area contributed by atoms with E-state index in [9.17, 15) is 8.42 Å². The van der Waals surface area contributed by atoms with Crippen molar-refractivity contribution in [2.45, 2.75) is 206 Å². The quantitative estimate of drug-likeness (QED) is 0.0508. The highest BCUT2D eigenvalue weighted by atomic mass is 32.2. The highest BCUT2D eigenvalue weighted by molar-refractivity contribution is 7.90. The molecule has 1 rings (SSSR count). The van der Waals surface area contributed by atoms with E-state index in [0.29, 0.717) is 13.0 Å². The van der Waals surface area contributed by atoms with Gasteiger partial charge in [-0.05, 0) is 89.9 Å². The normalized spacial score (nSPS) is 17.2. The number of rotatable bonds is 33. The van der Waals surface area contributed by atoms with E-state index in [1.807, 2.05) is 0 Å². The first-order valence-electron chi connectivity index (χ1n) is 20.5. The van der Waals surface area contributed by atoms with Crippen molar-refractivity contribution in [1.29, 1.82) is 0 Å². The third-order valence-electron chi connectivity index (χ3n) is 9.51. The minimum absolute atomic E-state index is 0.0114. The van der Waals surface area contributed by atoms with Gasteiger partial charge in [-0.15, -0.1) is 0 Å². The smallest absolute Gasteiger partial charge is 0.168 e. The second-order valence-corrected chi connectivity index (χ2v) is 16.6. The Kier molecular flexibility index (Phi) is 29.7. The molecule has 1 saturated heterocycles. The topological polar surface area (TPSA) is 52.6 Å². The van der Waals surface area contributed by atoms with Gasteiger partial charge < -0.3 is 9.47 Å². The fourth-order valence-corrected chi connectivity index (χ4v) is 7.17. The molecule has 1 heterocycles. The number of ether oxygens (including phenoxy) is 2. The maximum absolute atomic E-state index is 11.8. The minimum atomic E-state index is -2.98. The molecule has 0 bridgehead atoms. The summed E-state index contributed by atoms with van der Waals surface area (Å²) in [4.78, 5) is 0. The van der Waals surface area contributed by atoms with Crippen molar-refractivity contribution in [3.8, 4) is 0 Å². The van der Waals surface area contributed by atoms with Gasteiger partial charge in [0.25, 0.3) is 0 Å². The summed E-state index contributed by atoms with van der Waals surface area (Å²) in [6.45, 7) is 5.19. The van der Waals surface area contributed by atoms with Gasteiger partial charge in [0.05, 0.1) is 18.5 Å². The van der Waals surface area contributed by atoms with Crippen LogP contribution in [0.1, 0.15) is 194 Å². The van der Waals surface area contributed by atoms with Crippen LogP contribution >= 0.6 is 0 Å². The van der Waals surface area contributed by atoms with E-state index in [0.717, 1.165) is 44.9 Å². The summed E-state index contributed by atoms with van der Waals surface area (Å²) in [7, 11) is -2.98. The standard InChI is InChI=1S/C43H78O4S/c1-4-6-8-10-12-14-16-18-20-22-24-26-28-30-32-34-38-43(46-40-36-42(47-43)37-41-48(3,44)45)39-35-33-31-29-27-25-23-21-19-17-15-13-11-9-7-5-2/h12-15,18-21,42H,4-11,16-17,22-41H2,1-3H3/b14-12-,15-13-,20-18-,21-19-. The highest BCUT2D eigenvalue weighted by Gasteiger charge is 2.37. The van der Waals surface area contributed by atoms with E-state index < -0.39 is 15.6 Å². The molecule has 5 heteroatoms. The van der Waals surface area contributed by atoms with Crippen molar-refractivity contribution >= 4 is 9.84 Å². The molecule has 0 amide bonds. The van der Waals surface area contributed by atoms with E-state index in [1.54, 1.807) is 0 Å². The molecule has 0 radical (unpaired) electrons. The van der Waals surface area contributed by atoms with Crippen molar-refractivity contribution in [2.75, 3.05) is 18.6 Å². The molecule has 0 aromatic heterocycles. The van der Waals surface area contributed by atoms with Gasteiger partial charge in [-0.1, -0.05) is 140 Å². The van der Waals surface area contributed by atoms with Crippen molar-refractivity contribution in [3.05, 3.63) is 48.6 Å². The molecule has 0 spiro atoms. The summed E-state index contributed by atoms with van der Waals surface area (Å²) < 4.78 is 36.6. The first-order chi connectivity index (χ1) is 23.4. The van der Waals surface area contributed by atoms with Gasteiger partial charge in [-0.3, -0.25) is 0 Å². The molecule has 0 saturated carbocycles. The first kappa shape index (κ1) is 44.9. The van der Waals surface area contributed by atoms with Crippen LogP contribution in [0.25, 0.3) is 0 Å². The predicted molar refractivity (Wildman–Crippen MR) is 210 cm³/mol. The Morgan fingerprint density at radius 3 is 1.38 bits per heavy atom. The molecule has 0 aromatic carbocycles. The van der Waals surface area contributed by atoms with Crippen molar-refractivity contribution in [3.63, 3.8) is 0 Å². The molecule has 1 aliphatic rings. The molecule has 1 unspecified atom stereocenters. The number of sulfone groups is 1. The molecule has 0 aromatic rings. The molecule has 48 heavy (non-hydrogen) atoms. The Morgan fingerprint density at radius 2 is 0.958 bits per heavy atom. The van der Waals surface area contributed by atoms with Crippen molar-refractivity contribution in [1.82, 2.24) is 0 Å². The second kappa shape index (κ2) is 31.8. The Morgan fingerprint density at radius 1 is 0.562 bits per heavy atom. The first-order valence-corrected chi connectivity index (χ1v) is 22.6. The maximum Gasteiger partial charge on any atom is 0.168 e. The third-order valence-corrected chi connectivity index (χ3v) is 10.5. The largest absolute Gasteiger partial charge is 0.350 e. The summed E-state index contributed by atoms with van der Waals surface area (Å²) in [5, 5.41) is 0. The zero-order valence-corrected chi connectivity index (χ0v) is 32.8. The summed E-state index contributed by atoms with van der Waals surface area (Å²) >= 11 is 0. The van der Waals surface area contributed by atoms with Gasteiger partial charge in [0.2, 0.25) is 0 Å². The lowest BCUT2D eigenvalue weighted by molar-refractivity contribution is -0.300. The lowest BCUT2D eigenvalue weighted by atomic mass is 9.97. The van der Waals surface area contributed by atoms with E-state index in [1.165, 1.54) is 135 Å². The molecule has 0 N–H and O–H groups in total. The van der Waals surface area contributed by atoms with Gasteiger partial charge >= 0.3 is 0 Å². The van der Waals surface area contributed by atoms with Crippen LogP contribution in [0.15, 0.2) is 48.6 Å². The summed E-state index contributed by atoms with van der Waals surface area (Å²) in [6, 6.07) is 0. The number of hydrogen-bond donors (Lipinski definition) is 0. The second-order valence-electron chi connectivity index (χ2n) is 14.4. The molecule has 4 nitrogen and oxygen atoms in total. The van der Waals surface area contributed by atoms with E-state index in [-0.39, 0.29) is 11.9 Å². The number of unbranched alkanes of at least 4 members (excludes halogenated alkanes) is 18. The molecule has 1 aliphatic heterocycles. The average Bonchev–Trinajstić information content (AvgIpc) is 3.07. The van der Waals surface area contributed by atoms with Crippen molar-refractivity contribution in [2.24, 2.45) is 0 Å². The highest BCUT2D eigenvalue weighted by Crippen LogP contribution is 2.35. The average molecular weight is 691 g/mol. The predicted octanol–water partition coefficient (Wildman–Crippen LogP) is 13.3. The minimum Gasteiger partial charge on any atom is -0.350 e. The van der Waals surface area contributed by atoms with Crippen LogP contribution in [-0.4, -0.2) is 38.9 Å². The lowest BCUT2D eigenvalue weighted by Crippen LogP contribution is -2.45. The van der Waals surface area contributed by atoms with Crippen LogP contribution in [0.4, 0.5) is 0 Å². The third kappa shape index (κ3) is 28.6.